The number of aryl methyl sites for hydroxylation is 1. The summed E-state index contributed by atoms with van der Waals surface area (Å²) in [6.07, 6.45) is -0.525. The zero-order valence-corrected chi connectivity index (χ0v) is 11.8. The molecule has 1 atom stereocenters. The molecule has 0 amide bonds. The molecule has 1 N–H and O–H groups in total. The summed E-state index contributed by atoms with van der Waals surface area (Å²) in [5.41, 5.74) is 3.12. The van der Waals surface area contributed by atoms with Gasteiger partial charge in [-0.2, -0.15) is 0 Å². The summed E-state index contributed by atoms with van der Waals surface area (Å²) in [4.78, 5) is 0. The highest BCUT2D eigenvalue weighted by Gasteiger charge is 2.07. The zero-order chi connectivity index (χ0) is 13.8. The number of benzene rings is 2. The van der Waals surface area contributed by atoms with Crippen molar-refractivity contribution in [2.24, 2.45) is 0 Å². The molecule has 0 heterocycles. The molecule has 0 fully saturated rings. The van der Waals surface area contributed by atoms with Gasteiger partial charge < -0.3 is 9.84 Å². The van der Waals surface area contributed by atoms with E-state index in [1.165, 1.54) is 5.56 Å². The van der Waals surface area contributed by atoms with Crippen LogP contribution >= 0.6 is 11.6 Å². The highest BCUT2D eigenvalue weighted by molar-refractivity contribution is 6.32. The summed E-state index contributed by atoms with van der Waals surface area (Å²) in [6.45, 7) is 4.25. The van der Waals surface area contributed by atoms with E-state index in [9.17, 15) is 5.11 Å². The molecule has 0 aliphatic carbocycles. The molecule has 3 heteroatoms. The molecule has 100 valence electrons. The standard InChI is InChI=1S/C16H17ClO2/c1-11-5-3-4-6-14(11)10-19-16-8-7-13(12(2)18)9-15(16)17/h3-9,12,18H,10H2,1-2H3/t12-/m0/s1. The van der Waals surface area contributed by atoms with Crippen LogP contribution in [0.15, 0.2) is 42.5 Å². The van der Waals surface area contributed by atoms with Gasteiger partial charge in [0, 0.05) is 0 Å². The topological polar surface area (TPSA) is 29.5 Å². The Morgan fingerprint density at radius 2 is 1.95 bits per heavy atom. The minimum atomic E-state index is -0.525. The van der Waals surface area contributed by atoms with Crippen molar-refractivity contribution in [2.75, 3.05) is 0 Å². The molecule has 0 aliphatic heterocycles. The molecular weight excluding hydrogens is 260 g/mol. The Balaban J connectivity index is 2.10. The third kappa shape index (κ3) is 3.49. The van der Waals surface area contributed by atoms with Crippen LogP contribution in [0.4, 0.5) is 0 Å². The number of aliphatic hydroxyl groups excluding tert-OH is 1. The van der Waals surface area contributed by atoms with Gasteiger partial charge in [0.15, 0.2) is 0 Å². The number of ether oxygens (including phenoxy) is 1. The van der Waals surface area contributed by atoms with E-state index in [1.54, 1.807) is 19.1 Å². The molecule has 0 bridgehead atoms. The van der Waals surface area contributed by atoms with Crippen LogP contribution in [-0.4, -0.2) is 5.11 Å². The predicted octanol–water partition coefficient (Wildman–Crippen LogP) is 4.28. The molecule has 2 aromatic carbocycles. The second-order valence-electron chi connectivity index (χ2n) is 4.58. The summed E-state index contributed by atoms with van der Waals surface area (Å²) in [6, 6.07) is 13.4. The summed E-state index contributed by atoms with van der Waals surface area (Å²) >= 11 is 6.14. The van der Waals surface area contributed by atoms with Gasteiger partial charge in [-0.25, -0.2) is 0 Å². The Hall–Kier alpha value is -1.51. The molecule has 0 aromatic heterocycles. The van der Waals surface area contributed by atoms with E-state index in [-0.39, 0.29) is 0 Å². The molecule has 0 aliphatic rings. The SMILES string of the molecule is Cc1ccccc1COc1ccc([C@H](C)O)cc1Cl. The van der Waals surface area contributed by atoms with Crippen LogP contribution < -0.4 is 4.74 Å². The molecular formula is C16H17ClO2. The molecule has 2 aromatic rings. The van der Waals surface area contributed by atoms with Crippen LogP contribution in [0.5, 0.6) is 5.75 Å². The molecule has 2 rings (SSSR count). The fraction of sp³-hybridized carbons (Fsp3) is 0.250. The van der Waals surface area contributed by atoms with Gasteiger partial charge in [-0.1, -0.05) is 41.9 Å². The van der Waals surface area contributed by atoms with E-state index < -0.39 is 6.10 Å². The van der Waals surface area contributed by atoms with Gasteiger partial charge in [0.25, 0.3) is 0 Å². The maximum atomic E-state index is 9.48. The van der Waals surface area contributed by atoms with E-state index >= 15 is 0 Å². The van der Waals surface area contributed by atoms with Gasteiger partial charge in [0.1, 0.15) is 12.4 Å². The first-order valence-corrected chi connectivity index (χ1v) is 6.60. The smallest absolute Gasteiger partial charge is 0.138 e. The fourth-order valence-corrected chi connectivity index (χ4v) is 2.07. The van der Waals surface area contributed by atoms with Gasteiger partial charge in [-0.15, -0.1) is 0 Å². The van der Waals surface area contributed by atoms with Crippen LogP contribution in [0.3, 0.4) is 0 Å². The van der Waals surface area contributed by atoms with Gasteiger partial charge in [-0.05, 0) is 42.7 Å². The highest BCUT2D eigenvalue weighted by atomic mass is 35.5. The molecule has 19 heavy (non-hydrogen) atoms. The molecule has 0 unspecified atom stereocenters. The predicted molar refractivity (Wildman–Crippen MR) is 77.6 cm³/mol. The largest absolute Gasteiger partial charge is 0.487 e. The second-order valence-corrected chi connectivity index (χ2v) is 4.99. The number of aliphatic hydroxyl groups is 1. The number of rotatable bonds is 4. The average Bonchev–Trinajstić information content (AvgIpc) is 2.39. The first kappa shape index (κ1) is 13.9. The number of halogens is 1. The first-order chi connectivity index (χ1) is 9.08. The minimum Gasteiger partial charge on any atom is -0.487 e. The second kappa shape index (κ2) is 6.09. The van der Waals surface area contributed by atoms with Gasteiger partial charge in [0.05, 0.1) is 11.1 Å². The van der Waals surface area contributed by atoms with Crippen molar-refractivity contribution in [2.45, 2.75) is 26.6 Å². The van der Waals surface area contributed by atoms with Crippen LogP contribution in [0.25, 0.3) is 0 Å². The normalized spacial score (nSPS) is 12.2. The van der Waals surface area contributed by atoms with Crippen molar-refractivity contribution >= 4 is 11.6 Å². The number of hydrogen-bond acceptors (Lipinski definition) is 2. The monoisotopic (exact) mass is 276 g/mol. The van der Waals surface area contributed by atoms with Gasteiger partial charge in [0.2, 0.25) is 0 Å². The fourth-order valence-electron chi connectivity index (χ4n) is 1.82. The van der Waals surface area contributed by atoms with Crippen molar-refractivity contribution in [3.63, 3.8) is 0 Å². The van der Waals surface area contributed by atoms with Crippen LogP contribution in [0, 0.1) is 6.92 Å². The van der Waals surface area contributed by atoms with E-state index in [0.29, 0.717) is 17.4 Å². The van der Waals surface area contributed by atoms with Crippen LogP contribution in [0.1, 0.15) is 29.7 Å². The van der Waals surface area contributed by atoms with E-state index in [4.69, 9.17) is 16.3 Å². The van der Waals surface area contributed by atoms with Crippen molar-refractivity contribution in [3.8, 4) is 5.75 Å². The van der Waals surface area contributed by atoms with Crippen molar-refractivity contribution in [1.82, 2.24) is 0 Å². The Labute approximate surface area is 118 Å². The summed E-state index contributed by atoms with van der Waals surface area (Å²) < 4.78 is 5.72. The lowest BCUT2D eigenvalue weighted by molar-refractivity contribution is 0.199. The molecule has 0 saturated heterocycles. The van der Waals surface area contributed by atoms with E-state index in [1.807, 2.05) is 24.3 Å². The van der Waals surface area contributed by atoms with Crippen molar-refractivity contribution in [1.29, 1.82) is 0 Å². The first-order valence-electron chi connectivity index (χ1n) is 6.22. The Morgan fingerprint density at radius 1 is 1.21 bits per heavy atom. The lowest BCUT2D eigenvalue weighted by atomic mass is 10.1. The Bertz CT molecular complexity index is 564. The molecule has 0 spiro atoms. The summed E-state index contributed by atoms with van der Waals surface area (Å²) in [5.74, 6) is 0.634. The minimum absolute atomic E-state index is 0.487. The molecule has 2 nitrogen and oxygen atoms in total. The van der Waals surface area contributed by atoms with Crippen molar-refractivity contribution in [3.05, 3.63) is 64.2 Å². The quantitative estimate of drug-likeness (QED) is 0.903. The van der Waals surface area contributed by atoms with E-state index in [2.05, 4.69) is 13.0 Å². The summed E-state index contributed by atoms with van der Waals surface area (Å²) in [7, 11) is 0. The maximum absolute atomic E-state index is 9.48. The van der Waals surface area contributed by atoms with Crippen LogP contribution in [-0.2, 0) is 6.61 Å². The molecule has 0 saturated carbocycles. The van der Waals surface area contributed by atoms with Crippen molar-refractivity contribution < 1.29 is 9.84 Å². The Morgan fingerprint density at radius 3 is 2.58 bits per heavy atom. The maximum Gasteiger partial charge on any atom is 0.138 e. The lowest BCUT2D eigenvalue weighted by Crippen LogP contribution is -1.99. The third-order valence-electron chi connectivity index (χ3n) is 3.08. The van der Waals surface area contributed by atoms with E-state index in [0.717, 1.165) is 11.1 Å². The summed E-state index contributed by atoms with van der Waals surface area (Å²) in [5, 5.41) is 10.0. The third-order valence-corrected chi connectivity index (χ3v) is 3.38. The molecule has 0 radical (unpaired) electrons. The lowest BCUT2D eigenvalue weighted by Gasteiger charge is -2.12. The van der Waals surface area contributed by atoms with Gasteiger partial charge in [-0.3, -0.25) is 0 Å². The zero-order valence-electron chi connectivity index (χ0n) is 11.1. The number of hydrogen-bond donors (Lipinski definition) is 1. The highest BCUT2D eigenvalue weighted by Crippen LogP contribution is 2.28. The van der Waals surface area contributed by atoms with Gasteiger partial charge >= 0.3 is 0 Å². The van der Waals surface area contributed by atoms with Crippen LogP contribution in [0.2, 0.25) is 5.02 Å². The Kier molecular flexibility index (Phi) is 4.46. The average molecular weight is 277 g/mol.